The van der Waals surface area contributed by atoms with E-state index in [1.807, 2.05) is 0 Å². The molecule has 1 aromatic rings. The minimum absolute atomic E-state index is 0.0291. The van der Waals surface area contributed by atoms with E-state index in [0.29, 0.717) is 43.3 Å². The first-order valence-electron chi connectivity index (χ1n) is 13.8. The summed E-state index contributed by atoms with van der Waals surface area (Å²) in [7, 11) is 0. The van der Waals surface area contributed by atoms with Gasteiger partial charge in [0.25, 0.3) is 5.91 Å². The van der Waals surface area contributed by atoms with Crippen molar-refractivity contribution in [3.8, 4) is 0 Å². The quantitative estimate of drug-likeness (QED) is 0.576. The summed E-state index contributed by atoms with van der Waals surface area (Å²) in [6.45, 7) is 1.73. The Kier molecular flexibility index (Phi) is 7.60. The van der Waals surface area contributed by atoms with Crippen LogP contribution in [0, 0.1) is 23.6 Å². The summed E-state index contributed by atoms with van der Waals surface area (Å²) in [4.78, 5) is 43.8. The highest BCUT2D eigenvalue weighted by Gasteiger charge is 2.47. The highest BCUT2D eigenvalue weighted by atomic mass is 19.1. The van der Waals surface area contributed by atoms with Crippen LogP contribution in [0.3, 0.4) is 0 Å². The van der Waals surface area contributed by atoms with Crippen LogP contribution in [-0.4, -0.2) is 65.3 Å². The zero-order valence-electron chi connectivity index (χ0n) is 21.0. The van der Waals surface area contributed by atoms with E-state index >= 15 is 0 Å². The molecular weight excluding hydrogens is 459 g/mol. The van der Waals surface area contributed by atoms with Crippen molar-refractivity contribution in [3.05, 3.63) is 35.6 Å². The van der Waals surface area contributed by atoms with Crippen LogP contribution in [0.25, 0.3) is 0 Å². The molecule has 3 aliphatic carbocycles. The van der Waals surface area contributed by atoms with Gasteiger partial charge >= 0.3 is 0 Å². The van der Waals surface area contributed by atoms with E-state index in [0.717, 1.165) is 57.9 Å². The van der Waals surface area contributed by atoms with E-state index < -0.39 is 11.9 Å². The molecule has 2 atom stereocenters. The fourth-order valence-electron chi connectivity index (χ4n) is 6.04. The van der Waals surface area contributed by atoms with Crippen LogP contribution in [0.15, 0.2) is 24.3 Å². The van der Waals surface area contributed by atoms with Gasteiger partial charge in [0.15, 0.2) is 0 Å². The zero-order valence-corrected chi connectivity index (χ0v) is 21.0. The Hall–Kier alpha value is -2.48. The lowest BCUT2D eigenvalue weighted by Gasteiger charge is -2.43. The second-order valence-electron chi connectivity index (χ2n) is 11.3. The van der Waals surface area contributed by atoms with Crippen LogP contribution in [0.1, 0.15) is 74.6 Å². The van der Waals surface area contributed by atoms with Crippen molar-refractivity contribution < 1.29 is 18.8 Å². The van der Waals surface area contributed by atoms with Crippen LogP contribution in [0.5, 0.6) is 0 Å². The van der Waals surface area contributed by atoms with Crippen molar-refractivity contribution in [3.63, 3.8) is 0 Å². The maximum absolute atomic E-state index is 13.5. The summed E-state index contributed by atoms with van der Waals surface area (Å²) in [5.74, 6) is 0.572. The van der Waals surface area contributed by atoms with Gasteiger partial charge < -0.3 is 20.9 Å². The van der Waals surface area contributed by atoms with E-state index in [9.17, 15) is 18.8 Å². The first kappa shape index (κ1) is 25.2. The molecule has 0 radical (unpaired) electrons. The minimum atomic E-state index is -0.644. The van der Waals surface area contributed by atoms with Gasteiger partial charge in [-0.1, -0.05) is 0 Å². The molecule has 7 nitrogen and oxygen atoms in total. The summed E-state index contributed by atoms with van der Waals surface area (Å²) >= 11 is 0. The first-order chi connectivity index (χ1) is 17.4. The zero-order chi connectivity index (χ0) is 25.2. The second-order valence-corrected chi connectivity index (χ2v) is 11.3. The molecular formula is C28H39FN4O3. The largest absolute Gasteiger partial charge is 0.354 e. The molecule has 4 fully saturated rings. The molecule has 3 N–H and O–H groups in total. The molecule has 3 amide bonds. The Bertz CT molecular complexity index is 954. The number of benzene rings is 1. The molecule has 1 aliphatic heterocycles. The van der Waals surface area contributed by atoms with Crippen molar-refractivity contribution in [1.82, 2.24) is 15.1 Å². The van der Waals surface area contributed by atoms with Crippen molar-refractivity contribution in [2.45, 2.75) is 82.3 Å². The third-order valence-corrected chi connectivity index (χ3v) is 8.61. The molecule has 5 rings (SSSR count). The third kappa shape index (κ3) is 5.74. The predicted molar refractivity (Wildman–Crippen MR) is 134 cm³/mol. The Morgan fingerprint density at radius 3 is 2.19 bits per heavy atom. The van der Waals surface area contributed by atoms with Crippen molar-refractivity contribution in [2.75, 3.05) is 19.6 Å². The van der Waals surface area contributed by atoms with E-state index in [4.69, 9.17) is 5.73 Å². The second kappa shape index (κ2) is 10.9. The number of amides is 3. The average molecular weight is 499 g/mol. The van der Waals surface area contributed by atoms with Crippen LogP contribution < -0.4 is 11.1 Å². The number of rotatable bonds is 8. The Labute approximate surface area is 212 Å². The van der Waals surface area contributed by atoms with E-state index in [1.165, 1.54) is 24.3 Å². The van der Waals surface area contributed by atoms with E-state index in [2.05, 4.69) is 10.2 Å². The van der Waals surface area contributed by atoms with Gasteiger partial charge in [-0.15, -0.1) is 0 Å². The number of piperidine rings is 1. The maximum Gasteiger partial charge on any atom is 0.254 e. The normalized spacial score (nSPS) is 28.4. The minimum Gasteiger partial charge on any atom is -0.354 e. The number of nitrogens with zero attached hydrogens (tertiary/aromatic N) is 2. The van der Waals surface area contributed by atoms with Crippen LogP contribution in [0.2, 0.25) is 0 Å². The topological polar surface area (TPSA) is 95.7 Å². The highest BCUT2D eigenvalue weighted by molar-refractivity contribution is 5.97. The van der Waals surface area contributed by atoms with Gasteiger partial charge in [0, 0.05) is 36.7 Å². The number of likely N-dealkylation sites (tertiary alicyclic amines) is 1. The predicted octanol–water partition coefficient (Wildman–Crippen LogP) is 3.08. The number of hydrogen-bond donors (Lipinski definition) is 2. The number of hydrogen-bond acceptors (Lipinski definition) is 4. The Balaban J connectivity index is 1.29. The Morgan fingerprint density at radius 2 is 1.58 bits per heavy atom. The van der Waals surface area contributed by atoms with Gasteiger partial charge in [0.2, 0.25) is 11.8 Å². The lowest BCUT2D eigenvalue weighted by Crippen LogP contribution is -2.59. The summed E-state index contributed by atoms with van der Waals surface area (Å²) in [6, 6.07) is 5.10. The van der Waals surface area contributed by atoms with Gasteiger partial charge in [0.1, 0.15) is 11.9 Å². The number of nitrogens with two attached hydrogens (primary N) is 1. The fraction of sp³-hybridized carbons (Fsp3) is 0.679. The monoisotopic (exact) mass is 498 g/mol. The van der Waals surface area contributed by atoms with Gasteiger partial charge in [-0.25, -0.2) is 4.39 Å². The molecule has 3 saturated carbocycles. The number of carbonyl (C=O) groups is 3. The molecule has 8 heteroatoms. The average Bonchev–Trinajstić information content (AvgIpc) is 3.82. The Morgan fingerprint density at radius 1 is 0.917 bits per heavy atom. The first-order valence-corrected chi connectivity index (χ1v) is 13.8. The van der Waals surface area contributed by atoms with Crippen molar-refractivity contribution in [1.29, 1.82) is 0 Å². The van der Waals surface area contributed by atoms with E-state index in [-0.39, 0.29) is 35.7 Å². The third-order valence-electron chi connectivity index (χ3n) is 8.61. The lowest BCUT2D eigenvalue weighted by atomic mass is 9.82. The SMILES string of the molecule is NCC1CCC(CNC(=O)[C@H]2CC(N(C(=O)C3CC3)C3CC3)CCN2C(=O)c2ccc(F)cc2)CC1. The van der Waals surface area contributed by atoms with E-state index in [1.54, 1.807) is 4.90 Å². The van der Waals surface area contributed by atoms with Gasteiger partial charge in [-0.3, -0.25) is 14.4 Å². The van der Waals surface area contributed by atoms with Crippen LogP contribution in [0.4, 0.5) is 4.39 Å². The molecule has 1 unspecified atom stereocenters. The van der Waals surface area contributed by atoms with Gasteiger partial charge in [-0.2, -0.15) is 0 Å². The molecule has 1 heterocycles. The standard InChI is InChI=1S/C28H39FN4O3/c29-22-9-7-20(8-10-22)27(35)32-14-13-24(33(23-11-12-23)28(36)21-5-6-21)15-25(32)26(34)31-17-19-3-1-18(16-30)2-4-19/h7-10,18-19,21,23-25H,1-6,11-17,30H2,(H,31,34)/t18?,19?,24?,25-/m1/s1. The highest BCUT2D eigenvalue weighted by Crippen LogP contribution is 2.39. The van der Waals surface area contributed by atoms with Crippen LogP contribution >= 0.6 is 0 Å². The van der Waals surface area contributed by atoms with Crippen molar-refractivity contribution in [2.24, 2.45) is 23.5 Å². The van der Waals surface area contributed by atoms with Gasteiger partial charge in [0.05, 0.1) is 0 Å². The summed E-state index contributed by atoms with van der Waals surface area (Å²) in [6.07, 6.45) is 9.38. The molecule has 0 bridgehead atoms. The molecule has 36 heavy (non-hydrogen) atoms. The number of nitrogens with one attached hydrogen (secondary N) is 1. The summed E-state index contributed by atoms with van der Waals surface area (Å²) in [5, 5.41) is 3.14. The fourth-order valence-corrected chi connectivity index (χ4v) is 6.04. The van der Waals surface area contributed by atoms with Crippen molar-refractivity contribution >= 4 is 17.7 Å². The summed E-state index contributed by atoms with van der Waals surface area (Å²) in [5.41, 5.74) is 6.19. The lowest BCUT2D eigenvalue weighted by molar-refractivity contribution is -0.139. The molecule has 1 saturated heterocycles. The number of halogens is 1. The molecule has 1 aromatic carbocycles. The summed E-state index contributed by atoms with van der Waals surface area (Å²) < 4.78 is 13.5. The van der Waals surface area contributed by atoms with Crippen LogP contribution in [-0.2, 0) is 9.59 Å². The smallest absolute Gasteiger partial charge is 0.254 e. The molecule has 196 valence electrons. The maximum atomic E-state index is 13.5. The molecule has 4 aliphatic rings. The van der Waals surface area contributed by atoms with Gasteiger partial charge in [-0.05, 0) is 107 Å². The molecule has 0 aromatic heterocycles. The molecule has 0 spiro atoms. The number of carbonyl (C=O) groups excluding carboxylic acids is 3.